The number of rotatable bonds is 6. The number of nitrogens with zero attached hydrogens (tertiary/aromatic N) is 1. The Morgan fingerprint density at radius 3 is 2.20 bits per heavy atom. The summed E-state index contributed by atoms with van der Waals surface area (Å²) in [7, 11) is 2.13. The van der Waals surface area contributed by atoms with Crippen LogP contribution in [0.2, 0.25) is 0 Å². The molecule has 0 aromatic heterocycles. The summed E-state index contributed by atoms with van der Waals surface area (Å²) < 4.78 is 5.93. The average Bonchev–Trinajstić information content (AvgIpc) is 2.43. The molecule has 0 amide bonds. The Hall–Kier alpha value is -1.80. The first-order valence-electron chi connectivity index (χ1n) is 7.08. The SMILES string of the molecule is Cc1cccc(C)c1OCCN(C)Cc1ccccc1. The van der Waals surface area contributed by atoms with Crippen molar-refractivity contribution in [1.29, 1.82) is 0 Å². The topological polar surface area (TPSA) is 12.5 Å². The maximum absolute atomic E-state index is 5.93. The van der Waals surface area contributed by atoms with Crippen LogP contribution in [0.15, 0.2) is 48.5 Å². The molecule has 0 heterocycles. The lowest BCUT2D eigenvalue weighted by atomic mass is 10.1. The molecule has 0 spiro atoms. The van der Waals surface area contributed by atoms with Gasteiger partial charge in [0.05, 0.1) is 0 Å². The van der Waals surface area contributed by atoms with Crippen LogP contribution in [0.1, 0.15) is 16.7 Å². The van der Waals surface area contributed by atoms with Crippen LogP contribution in [0, 0.1) is 13.8 Å². The van der Waals surface area contributed by atoms with E-state index >= 15 is 0 Å². The second-order valence-electron chi connectivity index (χ2n) is 5.29. The van der Waals surface area contributed by atoms with Crippen LogP contribution in [0.4, 0.5) is 0 Å². The Bertz CT molecular complexity index is 516. The third kappa shape index (κ3) is 4.10. The van der Waals surface area contributed by atoms with Crippen molar-refractivity contribution in [3.8, 4) is 5.75 Å². The van der Waals surface area contributed by atoms with E-state index in [2.05, 4.69) is 68.3 Å². The lowest BCUT2D eigenvalue weighted by Gasteiger charge is -2.18. The molecule has 0 radical (unpaired) electrons. The highest BCUT2D eigenvalue weighted by Crippen LogP contribution is 2.22. The van der Waals surface area contributed by atoms with Gasteiger partial charge in [-0.15, -0.1) is 0 Å². The molecule has 0 aliphatic heterocycles. The van der Waals surface area contributed by atoms with E-state index in [0.717, 1.165) is 25.4 Å². The zero-order valence-electron chi connectivity index (χ0n) is 12.6. The number of aryl methyl sites for hydroxylation is 2. The summed E-state index contributed by atoms with van der Waals surface area (Å²) in [5, 5.41) is 0. The second-order valence-corrected chi connectivity index (χ2v) is 5.29. The van der Waals surface area contributed by atoms with E-state index in [0.29, 0.717) is 0 Å². The molecule has 2 aromatic carbocycles. The number of likely N-dealkylation sites (N-methyl/N-ethyl adjacent to an activating group) is 1. The minimum Gasteiger partial charge on any atom is -0.492 e. The van der Waals surface area contributed by atoms with Crippen molar-refractivity contribution in [3.05, 3.63) is 65.2 Å². The first-order valence-corrected chi connectivity index (χ1v) is 7.08. The molecular formula is C18H23NO. The molecule has 0 fully saturated rings. The molecule has 2 nitrogen and oxygen atoms in total. The van der Waals surface area contributed by atoms with Gasteiger partial charge in [-0.3, -0.25) is 4.90 Å². The van der Waals surface area contributed by atoms with E-state index in [9.17, 15) is 0 Å². The van der Waals surface area contributed by atoms with Gasteiger partial charge in [-0.2, -0.15) is 0 Å². The van der Waals surface area contributed by atoms with Crippen LogP contribution >= 0.6 is 0 Å². The van der Waals surface area contributed by atoms with Crippen molar-refractivity contribution in [3.63, 3.8) is 0 Å². The van der Waals surface area contributed by atoms with E-state index in [1.807, 2.05) is 6.07 Å². The Morgan fingerprint density at radius 2 is 1.55 bits per heavy atom. The van der Waals surface area contributed by atoms with Crippen molar-refractivity contribution < 1.29 is 4.74 Å². The largest absolute Gasteiger partial charge is 0.492 e. The highest BCUT2D eigenvalue weighted by molar-refractivity contribution is 5.39. The van der Waals surface area contributed by atoms with Crippen LogP contribution in [-0.4, -0.2) is 25.1 Å². The molecule has 2 heteroatoms. The maximum atomic E-state index is 5.93. The van der Waals surface area contributed by atoms with E-state index in [4.69, 9.17) is 4.74 Å². The number of benzene rings is 2. The van der Waals surface area contributed by atoms with Gasteiger partial charge in [0.2, 0.25) is 0 Å². The molecule has 2 aromatic rings. The van der Waals surface area contributed by atoms with Gasteiger partial charge in [-0.25, -0.2) is 0 Å². The highest BCUT2D eigenvalue weighted by atomic mass is 16.5. The molecule has 0 saturated carbocycles. The predicted octanol–water partition coefficient (Wildman–Crippen LogP) is 3.81. The van der Waals surface area contributed by atoms with Gasteiger partial charge < -0.3 is 4.74 Å². The summed E-state index contributed by atoms with van der Waals surface area (Å²) in [6.45, 7) is 6.78. The summed E-state index contributed by atoms with van der Waals surface area (Å²) in [6, 6.07) is 16.8. The van der Waals surface area contributed by atoms with Crippen molar-refractivity contribution in [1.82, 2.24) is 4.90 Å². The molecule has 0 saturated heterocycles. The molecule has 20 heavy (non-hydrogen) atoms. The van der Waals surface area contributed by atoms with Crippen molar-refractivity contribution >= 4 is 0 Å². The molecule has 0 aliphatic rings. The minimum absolute atomic E-state index is 0.717. The predicted molar refractivity (Wildman–Crippen MR) is 84.2 cm³/mol. The smallest absolute Gasteiger partial charge is 0.125 e. The van der Waals surface area contributed by atoms with Crippen molar-refractivity contribution in [2.24, 2.45) is 0 Å². The number of hydrogen-bond acceptors (Lipinski definition) is 2. The van der Waals surface area contributed by atoms with Gasteiger partial charge in [0.15, 0.2) is 0 Å². The quantitative estimate of drug-likeness (QED) is 0.790. The third-order valence-electron chi connectivity index (χ3n) is 3.42. The molecule has 0 bridgehead atoms. The zero-order chi connectivity index (χ0) is 14.4. The zero-order valence-corrected chi connectivity index (χ0v) is 12.6. The van der Waals surface area contributed by atoms with Crippen molar-refractivity contribution in [2.45, 2.75) is 20.4 Å². The van der Waals surface area contributed by atoms with E-state index in [1.54, 1.807) is 0 Å². The van der Waals surface area contributed by atoms with Gasteiger partial charge in [0.25, 0.3) is 0 Å². The first-order chi connectivity index (χ1) is 9.66. The molecule has 0 N–H and O–H groups in total. The van der Waals surface area contributed by atoms with Gasteiger partial charge in [0.1, 0.15) is 12.4 Å². The van der Waals surface area contributed by atoms with Gasteiger partial charge >= 0.3 is 0 Å². The van der Waals surface area contributed by atoms with E-state index in [-0.39, 0.29) is 0 Å². The molecule has 2 rings (SSSR count). The number of hydrogen-bond donors (Lipinski definition) is 0. The van der Waals surface area contributed by atoms with E-state index in [1.165, 1.54) is 16.7 Å². The molecule has 0 aliphatic carbocycles. The number of para-hydroxylation sites is 1. The van der Waals surface area contributed by atoms with Gasteiger partial charge in [-0.1, -0.05) is 48.5 Å². The lowest BCUT2D eigenvalue weighted by molar-refractivity contribution is 0.231. The highest BCUT2D eigenvalue weighted by Gasteiger charge is 2.04. The summed E-state index contributed by atoms with van der Waals surface area (Å²) in [5.41, 5.74) is 3.74. The molecule has 0 atom stereocenters. The Kier molecular flexibility index (Phi) is 5.19. The number of ether oxygens (including phenoxy) is 1. The fraction of sp³-hybridized carbons (Fsp3) is 0.333. The van der Waals surface area contributed by atoms with Crippen LogP contribution in [0.5, 0.6) is 5.75 Å². The molecule has 106 valence electrons. The Labute approximate surface area is 122 Å². The Morgan fingerprint density at radius 1 is 0.900 bits per heavy atom. The van der Waals surface area contributed by atoms with E-state index < -0.39 is 0 Å². The monoisotopic (exact) mass is 269 g/mol. The van der Waals surface area contributed by atoms with Crippen LogP contribution < -0.4 is 4.74 Å². The summed E-state index contributed by atoms with van der Waals surface area (Å²) in [5.74, 6) is 1.03. The van der Waals surface area contributed by atoms with Crippen LogP contribution in [0.25, 0.3) is 0 Å². The average molecular weight is 269 g/mol. The second kappa shape index (κ2) is 7.11. The molecular weight excluding hydrogens is 246 g/mol. The fourth-order valence-electron chi connectivity index (χ4n) is 2.30. The normalized spacial score (nSPS) is 10.8. The maximum Gasteiger partial charge on any atom is 0.125 e. The standard InChI is InChI=1S/C18H23NO/c1-15-8-7-9-16(2)18(15)20-13-12-19(3)14-17-10-5-4-6-11-17/h4-11H,12-14H2,1-3H3. The third-order valence-corrected chi connectivity index (χ3v) is 3.42. The summed E-state index contributed by atoms with van der Waals surface area (Å²) in [6.07, 6.45) is 0. The van der Waals surface area contributed by atoms with Gasteiger partial charge in [-0.05, 0) is 37.6 Å². The molecule has 0 unspecified atom stereocenters. The van der Waals surface area contributed by atoms with Crippen LogP contribution in [0.3, 0.4) is 0 Å². The lowest BCUT2D eigenvalue weighted by Crippen LogP contribution is -2.24. The summed E-state index contributed by atoms with van der Waals surface area (Å²) >= 11 is 0. The van der Waals surface area contributed by atoms with Crippen molar-refractivity contribution in [2.75, 3.05) is 20.2 Å². The first kappa shape index (κ1) is 14.6. The minimum atomic E-state index is 0.717. The Balaban J connectivity index is 1.81. The fourth-order valence-corrected chi connectivity index (χ4v) is 2.30. The van der Waals surface area contributed by atoms with Gasteiger partial charge in [0, 0.05) is 13.1 Å². The van der Waals surface area contributed by atoms with Crippen LogP contribution in [-0.2, 0) is 6.54 Å². The summed E-state index contributed by atoms with van der Waals surface area (Å²) in [4.78, 5) is 2.28.